The number of hydrogen-bond donors (Lipinski definition) is 1. The minimum atomic E-state index is -0.157. The number of carbonyl (C=O) groups excluding carboxylic acids is 2. The Morgan fingerprint density at radius 1 is 1.17 bits per heavy atom. The fourth-order valence-corrected chi connectivity index (χ4v) is 2.94. The zero-order valence-corrected chi connectivity index (χ0v) is 10.2. The second-order valence-electron chi connectivity index (χ2n) is 5.05. The van der Waals surface area contributed by atoms with Gasteiger partial charge in [0.25, 0.3) is 5.91 Å². The van der Waals surface area contributed by atoms with Crippen molar-refractivity contribution in [2.24, 2.45) is 5.92 Å². The van der Waals surface area contributed by atoms with Gasteiger partial charge in [0.15, 0.2) is 6.04 Å². The number of nitrogens with zero attached hydrogens (tertiary/aromatic N) is 1. The fourth-order valence-electron chi connectivity index (χ4n) is 2.94. The molecule has 2 saturated heterocycles. The molecule has 0 aliphatic carbocycles. The van der Waals surface area contributed by atoms with E-state index in [0.29, 0.717) is 6.54 Å². The van der Waals surface area contributed by atoms with E-state index >= 15 is 0 Å². The van der Waals surface area contributed by atoms with E-state index in [9.17, 15) is 9.59 Å². The molecular formula is C14H17N2O2+. The maximum absolute atomic E-state index is 12.2. The Kier molecular flexibility index (Phi) is 2.88. The first kappa shape index (κ1) is 11.4. The lowest BCUT2D eigenvalue weighted by molar-refractivity contribution is -0.688. The van der Waals surface area contributed by atoms with E-state index in [1.54, 1.807) is 0 Å². The lowest BCUT2D eigenvalue weighted by Gasteiger charge is -2.18. The third kappa shape index (κ3) is 1.82. The summed E-state index contributed by atoms with van der Waals surface area (Å²) >= 11 is 0. The van der Waals surface area contributed by atoms with E-state index in [0.717, 1.165) is 24.9 Å². The first-order valence-corrected chi connectivity index (χ1v) is 6.50. The van der Waals surface area contributed by atoms with Gasteiger partial charge in [0.05, 0.1) is 19.0 Å². The Bertz CT molecular complexity index is 448. The van der Waals surface area contributed by atoms with Crippen molar-refractivity contribution >= 4 is 11.8 Å². The van der Waals surface area contributed by atoms with Crippen LogP contribution in [-0.4, -0.2) is 29.3 Å². The number of imide groups is 1. The highest BCUT2D eigenvalue weighted by molar-refractivity contribution is 6.06. The molecule has 2 N–H and O–H groups in total. The smallest absolute Gasteiger partial charge is 0.288 e. The molecule has 4 nitrogen and oxygen atoms in total. The Morgan fingerprint density at radius 2 is 1.94 bits per heavy atom. The van der Waals surface area contributed by atoms with Crippen LogP contribution in [0.5, 0.6) is 0 Å². The maximum atomic E-state index is 12.2. The number of carbonyl (C=O) groups is 2. The SMILES string of the molecule is O=C1[C@H]2CCC[NH2+][C@H]2C(=O)N1Cc1ccccc1. The summed E-state index contributed by atoms with van der Waals surface area (Å²) in [6.07, 6.45) is 1.89. The average Bonchev–Trinajstić information content (AvgIpc) is 2.66. The lowest BCUT2D eigenvalue weighted by Crippen LogP contribution is -2.94. The van der Waals surface area contributed by atoms with Crippen LogP contribution in [0.25, 0.3) is 0 Å². The van der Waals surface area contributed by atoms with Gasteiger partial charge in [-0.15, -0.1) is 0 Å². The molecule has 18 heavy (non-hydrogen) atoms. The van der Waals surface area contributed by atoms with Crippen molar-refractivity contribution in [3.05, 3.63) is 35.9 Å². The quantitative estimate of drug-likeness (QED) is 0.740. The van der Waals surface area contributed by atoms with E-state index in [1.807, 2.05) is 35.6 Å². The molecule has 1 aromatic carbocycles. The second kappa shape index (κ2) is 4.53. The molecule has 3 rings (SSSR count). The van der Waals surface area contributed by atoms with Crippen molar-refractivity contribution in [1.82, 2.24) is 4.90 Å². The van der Waals surface area contributed by atoms with Crippen LogP contribution in [0.1, 0.15) is 18.4 Å². The monoisotopic (exact) mass is 245 g/mol. The lowest BCUT2D eigenvalue weighted by atomic mass is 9.93. The molecule has 2 fully saturated rings. The number of fused-ring (bicyclic) bond motifs is 1. The van der Waals surface area contributed by atoms with Crippen LogP contribution in [0, 0.1) is 5.92 Å². The molecule has 0 aromatic heterocycles. The number of likely N-dealkylation sites (tertiary alicyclic amines) is 1. The molecular weight excluding hydrogens is 228 g/mol. The summed E-state index contributed by atoms with van der Waals surface area (Å²) in [5.41, 5.74) is 1.01. The summed E-state index contributed by atoms with van der Waals surface area (Å²) < 4.78 is 0. The zero-order valence-electron chi connectivity index (χ0n) is 10.2. The van der Waals surface area contributed by atoms with E-state index in [-0.39, 0.29) is 23.8 Å². The summed E-state index contributed by atoms with van der Waals surface area (Å²) in [5, 5.41) is 2.03. The first-order chi connectivity index (χ1) is 8.77. The van der Waals surface area contributed by atoms with Gasteiger partial charge in [0.2, 0.25) is 5.91 Å². The van der Waals surface area contributed by atoms with Gasteiger partial charge < -0.3 is 5.32 Å². The number of benzene rings is 1. The van der Waals surface area contributed by atoms with Gasteiger partial charge in [-0.25, -0.2) is 0 Å². The summed E-state index contributed by atoms with van der Waals surface area (Å²) in [6.45, 7) is 1.37. The second-order valence-corrected chi connectivity index (χ2v) is 5.05. The summed E-state index contributed by atoms with van der Waals surface area (Å²) in [5.74, 6) is -0.0756. The first-order valence-electron chi connectivity index (χ1n) is 6.50. The van der Waals surface area contributed by atoms with Crippen LogP contribution in [-0.2, 0) is 16.1 Å². The predicted molar refractivity (Wildman–Crippen MR) is 65.3 cm³/mol. The molecule has 0 unspecified atom stereocenters. The van der Waals surface area contributed by atoms with Gasteiger partial charge in [-0.05, 0) is 18.4 Å². The Hall–Kier alpha value is -1.68. The van der Waals surface area contributed by atoms with Crippen LogP contribution < -0.4 is 5.32 Å². The molecule has 0 saturated carbocycles. The van der Waals surface area contributed by atoms with Crippen LogP contribution in [0.4, 0.5) is 0 Å². The number of rotatable bonds is 2. The highest BCUT2D eigenvalue weighted by atomic mass is 16.2. The number of amides is 2. The third-order valence-corrected chi connectivity index (χ3v) is 3.89. The van der Waals surface area contributed by atoms with Crippen molar-refractivity contribution in [2.45, 2.75) is 25.4 Å². The van der Waals surface area contributed by atoms with E-state index in [1.165, 1.54) is 4.90 Å². The minimum absolute atomic E-state index is 0.00597. The van der Waals surface area contributed by atoms with Crippen LogP contribution >= 0.6 is 0 Å². The zero-order chi connectivity index (χ0) is 12.5. The number of hydrogen-bond acceptors (Lipinski definition) is 2. The molecule has 2 amide bonds. The Morgan fingerprint density at radius 3 is 2.67 bits per heavy atom. The van der Waals surface area contributed by atoms with Crippen LogP contribution in [0.15, 0.2) is 30.3 Å². The van der Waals surface area contributed by atoms with E-state index in [2.05, 4.69) is 0 Å². The molecule has 4 heteroatoms. The van der Waals surface area contributed by atoms with Gasteiger partial charge in [-0.1, -0.05) is 30.3 Å². The Balaban J connectivity index is 1.80. The van der Waals surface area contributed by atoms with Gasteiger partial charge in [0, 0.05) is 0 Å². The van der Waals surface area contributed by atoms with Crippen molar-refractivity contribution < 1.29 is 14.9 Å². The van der Waals surface area contributed by atoms with Gasteiger partial charge in [-0.2, -0.15) is 0 Å². The maximum Gasteiger partial charge on any atom is 0.288 e. The highest BCUT2D eigenvalue weighted by Crippen LogP contribution is 2.25. The molecule has 2 aliphatic rings. The number of quaternary nitrogens is 1. The third-order valence-electron chi connectivity index (χ3n) is 3.89. The highest BCUT2D eigenvalue weighted by Gasteiger charge is 2.51. The molecule has 0 spiro atoms. The summed E-state index contributed by atoms with van der Waals surface area (Å²) in [4.78, 5) is 25.9. The minimum Gasteiger partial charge on any atom is -0.335 e. The van der Waals surface area contributed by atoms with Gasteiger partial charge >= 0.3 is 0 Å². The van der Waals surface area contributed by atoms with Crippen molar-refractivity contribution in [1.29, 1.82) is 0 Å². The molecule has 1 aromatic rings. The average molecular weight is 245 g/mol. The van der Waals surface area contributed by atoms with Crippen molar-refractivity contribution in [3.8, 4) is 0 Å². The summed E-state index contributed by atoms with van der Waals surface area (Å²) in [6, 6.07) is 9.54. The molecule has 94 valence electrons. The van der Waals surface area contributed by atoms with Gasteiger partial charge in [-0.3, -0.25) is 14.5 Å². The molecule has 0 radical (unpaired) electrons. The largest absolute Gasteiger partial charge is 0.335 e. The topological polar surface area (TPSA) is 54.0 Å². The molecule has 2 atom stereocenters. The summed E-state index contributed by atoms with van der Waals surface area (Å²) in [7, 11) is 0. The van der Waals surface area contributed by atoms with Gasteiger partial charge in [0.1, 0.15) is 0 Å². The van der Waals surface area contributed by atoms with Crippen LogP contribution in [0.3, 0.4) is 0 Å². The molecule has 2 aliphatic heterocycles. The van der Waals surface area contributed by atoms with Crippen molar-refractivity contribution in [2.75, 3.05) is 6.54 Å². The molecule has 0 bridgehead atoms. The van der Waals surface area contributed by atoms with E-state index in [4.69, 9.17) is 0 Å². The number of piperidine rings is 1. The predicted octanol–water partition coefficient (Wildman–Crippen LogP) is -0.103. The Labute approximate surface area is 106 Å². The van der Waals surface area contributed by atoms with Crippen molar-refractivity contribution in [3.63, 3.8) is 0 Å². The fraction of sp³-hybridized carbons (Fsp3) is 0.429. The standard InChI is InChI=1S/C14H16N2O2/c17-13-11-7-4-8-15-12(11)14(18)16(13)9-10-5-2-1-3-6-10/h1-3,5-6,11-12,15H,4,7-9H2/p+1/t11-,12+/m0/s1. The van der Waals surface area contributed by atoms with E-state index < -0.39 is 0 Å². The molecule has 2 heterocycles. The number of nitrogens with two attached hydrogens (primary N) is 1. The normalized spacial score (nSPS) is 27.4. The van der Waals surface area contributed by atoms with Crippen LogP contribution in [0.2, 0.25) is 0 Å².